The second-order valence-electron chi connectivity index (χ2n) is 9.94. The molecular weight excluding hydrogens is 302 g/mol. The molecule has 136 valence electrons. The molecule has 0 aromatic rings. The maximum atomic E-state index is 11.8. The van der Waals surface area contributed by atoms with Crippen molar-refractivity contribution in [1.82, 2.24) is 0 Å². The average molecular weight is 335 g/mol. The summed E-state index contributed by atoms with van der Waals surface area (Å²) in [6, 6.07) is 0. The average Bonchev–Trinajstić information content (AvgIpc) is 2.78. The summed E-state index contributed by atoms with van der Waals surface area (Å²) in [7, 11) is 0. The molecular formula is C20H33NO3. The third-order valence-corrected chi connectivity index (χ3v) is 8.87. The molecule has 0 aliphatic heterocycles. The maximum absolute atomic E-state index is 11.8. The van der Waals surface area contributed by atoms with Crippen molar-refractivity contribution < 1.29 is 15.0 Å². The molecule has 4 rings (SSSR count). The van der Waals surface area contributed by atoms with Crippen LogP contribution in [0.15, 0.2) is 0 Å². The summed E-state index contributed by atoms with van der Waals surface area (Å²) in [6.45, 7) is 4.15. The van der Waals surface area contributed by atoms with Gasteiger partial charge in [-0.1, -0.05) is 6.92 Å². The highest BCUT2D eigenvalue weighted by Crippen LogP contribution is 2.65. The zero-order valence-corrected chi connectivity index (χ0v) is 15.1. The van der Waals surface area contributed by atoms with Gasteiger partial charge in [-0.25, -0.2) is 0 Å². The number of carboxylic acid groups (broad SMARTS) is 1. The summed E-state index contributed by atoms with van der Waals surface area (Å²) in [5, 5.41) is 20.1. The van der Waals surface area contributed by atoms with Crippen LogP contribution in [0.4, 0.5) is 0 Å². The Labute approximate surface area is 145 Å². The molecule has 4 aliphatic carbocycles. The van der Waals surface area contributed by atoms with Crippen LogP contribution in [-0.2, 0) is 4.79 Å². The molecule has 0 bridgehead atoms. The lowest BCUT2D eigenvalue weighted by Gasteiger charge is -2.61. The van der Waals surface area contributed by atoms with Crippen LogP contribution < -0.4 is 5.73 Å². The highest BCUT2D eigenvalue weighted by atomic mass is 16.4. The summed E-state index contributed by atoms with van der Waals surface area (Å²) < 4.78 is 0. The number of carbonyl (C=O) groups is 1. The van der Waals surface area contributed by atoms with Crippen molar-refractivity contribution in [1.29, 1.82) is 0 Å². The van der Waals surface area contributed by atoms with E-state index >= 15 is 0 Å². The van der Waals surface area contributed by atoms with Gasteiger partial charge in [0.1, 0.15) is 0 Å². The van der Waals surface area contributed by atoms with Crippen LogP contribution in [0.1, 0.15) is 71.6 Å². The smallest absolute Gasteiger partial charge is 0.307 e. The van der Waals surface area contributed by atoms with Crippen molar-refractivity contribution in [3.05, 3.63) is 0 Å². The fourth-order valence-electron chi connectivity index (χ4n) is 7.56. The van der Waals surface area contributed by atoms with E-state index in [9.17, 15) is 15.0 Å². The Balaban J connectivity index is 1.62. The van der Waals surface area contributed by atoms with Crippen LogP contribution in [0.5, 0.6) is 0 Å². The van der Waals surface area contributed by atoms with E-state index in [4.69, 9.17) is 5.73 Å². The molecule has 3 unspecified atom stereocenters. The SMILES string of the molecule is CC12CC[C@H]3C(CC[C@@H]4C[C@](C)(O)CC[C@@H]43)[C@]1(N)CCC2C(=O)O. The Bertz CT molecular complexity index is 547. The molecule has 0 aromatic heterocycles. The Morgan fingerprint density at radius 3 is 2.42 bits per heavy atom. The van der Waals surface area contributed by atoms with Gasteiger partial charge in [-0.05, 0) is 93.8 Å². The second kappa shape index (κ2) is 5.20. The number of hydrogen-bond acceptors (Lipinski definition) is 3. The van der Waals surface area contributed by atoms with Crippen molar-refractivity contribution >= 4 is 5.97 Å². The van der Waals surface area contributed by atoms with Crippen LogP contribution in [0.3, 0.4) is 0 Å². The predicted molar refractivity (Wildman–Crippen MR) is 92.3 cm³/mol. The Kier molecular flexibility index (Phi) is 3.65. The van der Waals surface area contributed by atoms with Crippen LogP contribution in [0, 0.1) is 35.0 Å². The van der Waals surface area contributed by atoms with Gasteiger partial charge in [0.15, 0.2) is 0 Å². The second-order valence-corrected chi connectivity index (χ2v) is 9.94. The molecule has 4 N–H and O–H groups in total. The topological polar surface area (TPSA) is 83.5 Å². The summed E-state index contributed by atoms with van der Waals surface area (Å²) in [5.41, 5.74) is 6.01. The molecule has 4 aliphatic rings. The summed E-state index contributed by atoms with van der Waals surface area (Å²) >= 11 is 0. The maximum Gasteiger partial charge on any atom is 0.307 e. The van der Waals surface area contributed by atoms with Gasteiger partial charge in [0, 0.05) is 5.54 Å². The van der Waals surface area contributed by atoms with E-state index in [1.54, 1.807) is 0 Å². The molecule has 0 spiro atoms. The van der Waals surface area contributed by atoms with Gasteiger partial charge in [-0.2, -0.15) is 0 Å². The largest absolute Gasteiger partial charge is 0.481 e. The molecule has 4 heteroatoms. The quantitative estimate of drug-likeness (QED) is 0.687. The lowest BCUT2D eigenvalue weighted by molar-refractivity contribution is -0.152. The van der Waals surface area contributed by atoms with E-state index in [2.05, 4.69) is 6.92 Å². The number of carboxylic acids is 1. The normalized spacial score (nSPS) is 56.9. The highest BCUT2D eigenvalue weighted by molar-refractivity contribution is 5.72. The highest BCUT2D eigenvalue weighted by Gasteiger charge is 2.65. The molecule has 0 saturated heterocycles. The van der Waals surface area contributed by atoms with Gasteiger partial charge in [0.05, 0.1) is 11.5 Å². The monoisotopic (exact) mass is 335 g/mol. The first-order chi connectivity index (χ1) is 11.2. The van der Waals surface area contributed by atoms with Gasteiger partial charge in [-0.3, -0.25) is 4.79 Å². The van der Waals surface area contributed by atoms with Gasteiger partial charge >= 0.3 is 5.97 Å². The van der Waals surface area contributed by atoms with Crippen molar-refractivity contribution in [3.63, 3.8) is 0 Å². The molecule has 4 nitrogen and oxygen atoms in total. The molecule has 0 amide bonds. The summed E-state index contributed by atoms with van der Waals surface area (Å²) in [4.78, 5) is 11.8. The molecule has 24 heavy (non-hydrogen) atoms. The molecule has 8 atom stereocenters. The van der Waals surface area contributed by atoms with Gasteiger partial charge < -0.3 is 15.9 Å². The van der Waals surface area contributed by atoms with Crippen molar-refractivity contribution in [2.75, 3.05) is 0 Å². The zero-order chi connectivity index (χ0) is 17.3. The molecule has 4 fully saturated rings. The number of rotatable bonds is 1. The lowest BCUT2D eigenvalue weighted by atomic mass is 9.46. The third-order valence-electron chi connectivity index (χ3n) is 8.87. The van der Waals surface area contributed by atoms with Gasteiger partial charge in [-0.15, -0.1) is 0 Å². The number of aliphatic carboxylic acids is 1. The van der Waals surface area contributed by atoms with E-state index in [0.717, 1.165) is 57.8 Å². The van der Waals surface area contributed by atoms with E-state index in [-0.39, 0.29) is 16.9 Å². The molecule has 0 aromatic carbocycles. The first kappa shape index (κ1) is 16.8. The van der Waals surface area contributed by atoms with E-state index in [1.165, 1.54) is 0 Å². The number of aliphatic hydroxyl groups is 1. The number of fused-ring (bicyclic) bond motifs is 5. The Hall–Kier alpha value is -0.610. The molecule has 0 radical (unpaired) electrons. The minimum Gasteiger partial charge on any atom is -0.481 e. The molecule has 0 heterocycles. The van der Waals surface area contributed by atoms with E-state index < -0.39 is 11.6 Å². The summed E-state index contributed by atoms with van der Waals surface area (Å²) in [6.07, 6.45) is 8.96. The fraction of sp³-hybridized carbons (Fsp3) is 0.950. The van der Waals surface area contributed by atoms with E-state index in [1.807, 2.05) is 6.92 Å². The third kappa shape index (κ3) is 2.14. The molecule has 4 saturated carbocycles. The first-order valence-electron chi connectivity index (χ1n) is 9.92. The fourth-order valence-corrected chi connectivity index (χ4v) is 7.56. The standard InChI is InChI=1S/C20H33NO3/c1-18(24)8-5-13-12(11-18)3-4-15-14(13)6-9-19(2)16(17(22)23)7-10-20(15,19)21/h12-16,24H,3-11,21H2,1-2H3,(H,22,23)/t12-,13+,14-,15?,16?,18-,19?,20-/m1/s1. The summed E-state index contributed by atoms with van der Waals surface area (Å²) in [5.74, 6) is 1.53. The van der Waals surface area contributed by atoms with Crippen LogP contribution in [0.25, 0.3) is 0 Å². The van der Waals surface area contributed by atoms with E-state index in [0.29, 0.717) is 23.7 Å². The minimum absolute atomic E-state index is 0.243. The first-order valence-corrected chi connectivity index (χ1v) is 9.92. The van der Waals surface area contributed by atoms with Crippen molar-refractivity contribution in [3.8, 4) is 0 Å². The van der Waals surface area contributed by atoms with Crippen molar-refractivity contribution in [2.45, 2.75) is 82.8 Å². The van der Waals surface area contributed by atoms with Crippen LogP contribution >= 0.6 is 0 Å². The lowest BCUT2D eigenvalue weighted by Crippen LogP contribution is -2.65. The number of hydrogen-bond donors (Lipinski definition) is 3. The number of nitrogens with two attached hydrogens (primary N) is 1. The van der Waals surface area contributed by atoms with Gasteiger partial charge in [0.25, 0.3) is 0 Å². The minimum atomic E-state index is -0.648. The van der Waals surface area contributed by atoms with Crippen LogP contribution in [0.2, 0.25) is 0 Å². The van der Waals surface area contributed by atoms with Crippen LogP contribution in [-0.4, -0.2) is 27.3 Å². The predicted octanol–water partition coefficient (Wildman–Crippen LogP) is 3.17. The van der Waals surface area contributed by atoms with Crippen molar-refractivity contribution in [2.24, 2.45) is 40.7 Å². The Morgan fingerprint density at radius 1 is 1.00 bits per heavy atom. The Morgan fingerprint density at radius 2 is 1.71 bits per heavy atom. The van der Waals surface area contributed by atoms with Gasteiger partial charge in [0.2, 0.25) is 0 Å². The zero-order valence-electron chi connectivity index (χ0n) is 15.1.